The zero-order valence-corrected chi connectivity index (χ0v) is 11.6. The van der Waals surface area contributed by atoms with Gasteiger partial charge in [0, 0.05) is 5.56 Å². The standard InChI is InChI=1S/C13H11Cl2N3O/c1-7-2-3-9(14)10(4-7)17-13(19)8-5-11(15)18-12(16)6-8/h2-6H,1H3,(H2,16,18)(H,17,19). The van der Waals surface area contributed by atoms with Crippen molar-refractivity contribution in [2.75, 3.05) is 11.1 Å². The fourth-order valence-corrected chi connectivity index (χ4v) is 1.96. The molecule has 0 aliphatic rings. The Hall–Kier alpha value is -1.78. The van der Waals surface area contributed by atoms with Gasteiger partial charge in [0.25, 0.3) is 5.91 Å². The Labute approximate surface area is 120 Å². The van der Waals surface area contributed by atoms with Gasteiger partial charge in [0.1, 0.15) is 11.0 Å². The molecule has 0 unspecified atom stereocenters. The molecule has 1 heterocycles. The summed E-state index contributed by atoms with van der Waals surface area (Å²) in [6, 6.07) is 8.26. The van der Waals surface area contributed by atoms with Gasteiger partial charge in [-0.3, -0.25) is 4.79 Å². The lowest BCUT2D eigenvalue weighted by Crippen LogP contribution is -2.13. The SMILES string of the molecule is Cc1ccc(Cl)c(NC(=O)c2cc(N)nc(Cl)c2)c1. The van der Waals surface area contributed by atoms with Crippen molar-refractivity contribution < 1.29 is 4.79 Å². The lowest BCUT2D eigenvalue weighted by Gasteiger charge is -2.08. The number of carbonyl (C=O) groups excluding carboxylic acids is 1. The van der Waals surface area contributed by atoms with Crippen LogP contribution in [0.5, 0.6) is 0 Å². The molecule has 0 bridgehead atoms. The van der Waals surface area contributed by atoms with Gasteiger partial charge in [0.05, 0.1) is 10.7 Å². The number of nitrogens with zero attached hydrogens (tertiary/aromatic N) is 1. The summed E-state index contributed by atoms with van der Waals surface area (Å²) in [5, 5.41) is 3.34. The lowest BCUT2D eigenvalue weighted by atomic mass is 10.2. The minimum Gasteiger partial charge on any atom is -0.384 e. The number of benzene rings is 1. The molecule has 2 aromatic rings. The van der Waals surface area contributed by atoms with Gasteiger partial charge in [0.15, 0.2) is 0 Å². The predicted octanol–water partition coefficient (Wildman–Crippen LogP) is 3.53. The molecule has 0 saturated heterocycles. The number of nitrogen functional groups attached to an aromatic ring is 1. The zero-order chi connectivity index (χ0) is 14.0. The molecule has 6 heteroatoms. The van der Waals surface area contributed by atoms with Crippen LogP contribution in [0.2, 0.25) is 10.2 Å². The van der Waals surface area contributed by atoms with Crippen LogP contribution in [0.3, 0.4) is 0 Å². The molecular weight excluding hydrogens is 285 g/mol. The minimum atomic E-state index is -0.344. The van der Waals surface area contributed by atoms with E-state index >= 15 is 0 Å². The molecule has 19 heavy (non-hydrogen) atoms. The van der Waals surface area contributed by atoms with Gasteiger partial charge in [-0.1, -0.05) is 29.3 Å². The Morgan fingerprint density at radius 3 is 2.68 bits per heavy atom. The summed E-state index contributed by atoms with van der Waals surface area (Å²) in [6.07, 6.45) is 0. The number of rotatable bonds is 2. The molecule has 0 aliphatic carbocycles. The number of anilines is 2. The van der Waals surface area contributed by atoms with Crippen LogP contribution in [0.15, 0.2) is 30.3 Å². The van der Waals surface area contributed by atoms with Crippen molar-refractivity contribution in [1.29, 1.82) is 0 Å². The molecule has 1 aromatic carbocycles. The normalized spacial score (nSPS) is 10.3. The van der Waals surface area contributed by atoms with Crippen LogP contribution in [-0.2, 0) is 0 Å². The average Bonchev–Trinajstić information content (AvgIpc) is 2.32. The topological polar surface area (TPSA) is 68.0 Å². The fraction of sp³-hybridized carbons (Fsp3) is 0.0769. The summed E-state index contributed by atoms with van der Waals surface area (Å²) in [7, 11) is 0. The van der Waals surface area contributed by atoms with Crippen LogP contribution >= 0.6 is 23.2 Å². The molecule has 3 N–H and O–H groups in total. The van der Waals surface area contributed by atoms with E-state index in [4.69, 9.17) is 28.9 Å². The first kappa shape index (κ1) is 13.6. The van der Waals surface area contributed by atoms with Gasteiger partial charge < -0.3 is 11.1 Å². The van der Waals surface area contributed by atoms with Gasteiger partial charge in [-0.05, 0) is 36.8 Å². The van der Waals surface area contributed by atoms with E-state index in [1.165, 1.54) is 12.1 Å². The number of amides is 1. The Bertz CT molecular complexity index is 624. The van der Waals surface area contributed by atoms with Crippen LogP contribution in [0.25, 0.3) is 0 Å². The van der Waals surface area contributed by atoms with Gasteiger partial charge in [-0.25, -0.2) is 4.98 Å². The Balaban J connectivity index is 2.28. The number of nitrogens with two attached hydrogens (primary N) is 1. The summed E-state index contributed by atoms with van der Waals surface area (Å²) in [6.45, 7) is 1.91. The van der Waals surface area contributed by atoms with E-state index in [1.54, 1.807) is 12.1 Å². The molecule has 0 spiro atoms. The van der Waals surface area contributed by atoms with Crippen LogP contribution in [0, 0.1) is 6.92 Å². The summed E-state index contributed by atoms with van der Waals surface area (Å²) in [4.78, 5) is 15.9. The second kappa shape index (κ2) is 5.47. The molecule has 98 valence electrons. The van der Waals surface area contributed by atoms with Crippen molar-refractivity contribution in [3.63, 3.8) is 0 Å². The van der Waals surface area contributed by atoms with Gasteiger partial charge >= 0.3 is 0 Å². The molecule has 0 radical (unpaired) electrons. The second-order valence-corrected chi connectivity index (χ2v) is 4.84. The van der Waals surface area contributed by atoms with Crippen LogP contribution in [0.4, 0.5) is 11.5 Å². The molecule has 2 rings (SSSR count). The number of aryl methyl sites for hydroxylation is 1. The van der Waals surface area contributed by atoms with E-state index in [1.807, 2.05) is 13.0 Å². The summed E-state index contributed by atoms with van der Waals surface area (Å²) < 4.78 is 0. The molecular formula is C13H11Cl2N3O. The third-order valence-corrected chi connectivity index (χ3v) is 2.97. The fourth-order valence-electron chi connectivity index (χ4n) is 1.58. The van der Waals surface area contributed by atoms with Crippen molar-refractivity contribution in [3.05, 3.63) is 51.6 Å². The highest BCUT2D eigenvalue weighted by Crippen LogP contribution is 2.23. The number of nitrogens with one attached hydrogen (secondary N) is 1. The van der Waals surface area contributed by atoms with Crippen molar-refractivity contribution in [1.82, 2.24) is 4.98 Å². The Morgan fingerprint density at radius 2 is 2.00 bits per heavy atom. The molecule has 0 saturated carbocycles. The zero-order valence-electron chi connectivity index (χ0n) is 10.1. The molecule has 0 aliphatic heterocycles. The van der Waals surface area contributed by atoms with Crippen molar-refractivity contribution in [2.45, 2.75) is 6.92 Å². The molecule has 0 fully saturated rings. The van der Waals surface area contributed by atoms with Crippen molar-refractivity contribution >= 4 is 40.6 Å². The number of carbonyl (C=O) groups is 1. The van der Waals surface area contributed by atoms with Gasteiger partial charge in [-0.15, -0.1) is 0 Å². The lowest BCUT2D eigenvalue weighted by molar-refractivity contribution is 0.102. The summed E-state index contributed by atoms with van der Waals surface area (Å²) >= 11 is 11.8. The van der Waals surface area contributed by atoms with Crippen molar-refractivity contribution in [3.8, 4) is 0 Å². The van der Waals surface area contributed by atoms with Crippen molar-refractivity contribution in [2.24, 2.45) is 0 Å². The quantitative estimate of drug-likeness (QED) is 0.833. The first-order chi connectivity index (χ1) is 8.95. The van der Waals surface area contributed by atoms with Gasteiger partial charge in [0.2, 0.25) is 0 Å². The number of hydrogen-bond donors (Lipinski definition) is 2. The third kappa shape index (κ3) is 3.36. The average molecular weight is 296 g/mol. The molecule has 0 atom stereocenters. The first-order valence-electron chi connectivity index (χ1n) is 5.46. The maximum atomic E-state index is 12.1. The van der Waals surface area contributed by atoms with E-state index in [-0.39, 0.29) is 16.9 Å². The van der Waals surface area contributed by atoms with E-state index in [0.29, 0.717) is 16.3 Å². The largest absolute Gasteiger partial charge is 0.384 e. The molecule has 1 aromatic heterocycles. The predicted molar refractivity (Wildman–Crippen MR) is 77.8 cm³/mol. The van der Waals surface area contributed by atoms with E-state index in [9.17, 15) is 4.79 Å². The maximum Gasteiger partial charge on any atom is 0.255 e. The summed E-state index contributed by atoms with van der Waals surface area (Å²) in [5.74, 6) is -0.156. The molecule has 1 amide bonds. The Kier molecular flexibility index (Phi) is 3.93. The molecule has 4 nitrogen and oxygen atoms in total. The highest BCUT2D eigenvalue weighted by Gasteiger charge is 2.10. The van der Waals surface area contributed by atoms with Crippen LogP contribution in [0.1, 0.15) is 15.9 Å². The smallest absolute Gasteiger partial charge is 0.255 e. The van der Waals surface area contributed by atoms with Crippen LogP contribution in [-0.4, -0.2) is 10.9 Å². The van der Waals surface area contributed by atoms with Gasteiger partial charge in [-0.2, -0.15) is 0 Å². The third-order valence-electron chi connectivity index (χ3n) is 2.45. The van der Waals surface area contributed by atoms with Crippen LogP contribution < -0.4 is 11.1 Å². The number of hydrogen-bond acceptors (Lipinski definition) is 3. The number of aromatic nitrogens is 1. The second-order valence-electron chi connectivity index (χ2n) is 4.04. The minimum absolute atomic E-state index is 0.167. The first-order valence-corrected chi connectivity index (χ1v) is 6.22. The Morgan fingerprint density at radius 1 is 1.26 bits per heavy atom. The number of pyridine rings is 1. The summed E-state index contributed by atoms with van der Waals surface area (Å²) in [5.41, 5.74) is 7.40. The highest BCUT2D eigenvalue weighted by molar-refractivity contribution is 6.34. The van der Waals surface area contributed by atoms with E-state index in [0.717, 1.165) is 5.56 Å². The highest BCUT2D eigenvalue weighted by atomic mass is 35.5. The number of halogens is 2. The van der Waals surface area contributed by atoms with E-state index in [2.05, 4.69) is 10.3 Å². The monoisotopic (exact) mass is 295 g/mol. The van der Waals surface area contributed by atoms with E-state index < -0.39 is 0 Å². The maximum absolute atomic E-state index is 12.1.